The smallest absolute Gasteiger partial charge is 0.283 e. The number of carbonyl (C=O) groups is 1. The number of benzene rings is 1. The minimum atomic E-state index is -0.129. The van der Waals surface area contributed by atoms with Crippen molar-refractivity contribution in [1.82, 2.24) is 19.8 Å². The fourth-order valence-electron chi connectivity index (χ4n) is 3.59. The maximum Gasteiger partial charge on any atom is 0.283 e. The quantitative estimate of drug-likeness (QED) is 0.738. The molecule has 0 aliphatic carbocycles. The highest BCUT2D eigenvalue weighted by Crippen LogP contribution is 2.17. The Bertz CT molecular complexity index is 851. The van der Waals surface area contributed by atoms with Crippen LogP contribution in [0.1, 0.15) is 33.1 Å². The molecule has 0 bridgehead atoms. The highest BCUT2D eigenvalue weighted by molar-refractivity contribution is 7.99. The van der Waals surface area contributed by atoms with E-state index in [2.05, 4.69) is 22.1 Å². The second-order valence-electron chi connectivity index (χ2n) is 6.97. The van der Waals surface area contributed by atoms with E-state index in [1.807, 2.05) is 31.2 Å². The zero-order valence-electron chi connectivity index (χ0n) is 16.1. The number of fused-ring (bicyclic) bond motifs is 1. The van der Waals surface area contributed by atoms with Crippen LogP contribution in [-0.4, -0.2) is 51.8 Å². The van der Waals surface area contributed by atoms with Crippen LogP contribution in [0.2, 0.25) is 0 Å². The van der Waals surface area contributed by atoms with Crippen LogP contribution in [0, 0.1) is 0 Å². The van der Waals surface area contributed by atoms with Gasteiger partial charge in [0.25, 0.3) is 5.56 Å². The maximum absolute atomic E-state index is 12.6. The normalized spacial score (nSPS) is 17.9. The summed E-state index contributed by atoms with van der Waals surface area (Å²) in [5, 5.41) is 3.35. The predicted octanol–water partition coefficient (Wildman–Crippen LogP) is 2.50. The average molecular weight is 389 g/mol. The molecule has 1 atom stereocenters. The van der Waals surface area contributed by atoms with E-state index >= 15 is 0 Å². The van der Waals surface area contributed by atoms with Crippen LogP contribution in [0.3, 0.4) is 0 Å². The summed E-state index contributed by atoms with van der Waals surface area (Å²) in [7, 11) is 0. The van der Waals surface area contributed by atoms with Gasteiger partial charge >= 0.3 is 0 Å². The van der Waals surface area contributed by atoms with E-state index in [0.29, 0.717) is 24.2 Å². The summed E-state index contributed by atoms with van der Waals surface area (Å²) in [5.41, 5.74) is 1.48. The van der Waals surface area contributed by atoms with Gasteiger partial charge in [-0.15, -0.1) is 0 Å². The van der Waals surface area contributed by atoms with Gasteiger partial charge in [0, 0.05) is 25.7 Å². The highest BCUT2D eigenvalue weighted by Gasteiger charge is 2.18. The fourth-order valence-corrected chi connectivity index (χ4v) is 4.36. The van der Waals surface area contributed by atoms with E-state index in [1.54, 1.807) is 4.57 Å². The molecule has 1 aliphatic rings. The van der Waals surface area contributed by atoms with E-state index in [0.717, 1.165) is 24.1 Å². The number of rotatable bonds is 7. The van der Waals surface area contributed by atoms with Crippen LogP contribution in [-0.2, 0) is 11.3 Å². The van der Waals surface area contributed by atoms with Crippen LogP contribution >= 0.6 is 11.8 Å². The summed E-state index contributed by atoms with van der Waals surface area (Å²) in [6.45, 7) is 7.42. The molecule has 1 amide bonds. The van der Waals surface area contributed by atoms with Crippen molar-refractivity contribution in [1.29, 1.82) is 0 Å². The molecule has 0 saturated carbocycles. The Balaban J connectivity index is 1.55. The summed E-state index contributed by atoms with van der Waals surface area (Å²) >= 11 is 1.22. The summed E-state index contributed by atoms with van der Waals surface area (Å²) in [6, 6.07) is 8.20. The number of nitrogens with one attached hydrogen (secondary N) is 1. The minimum Gasteiger partial charge on any atom is -0.354 e. The summed E-state index contributed by atoms with van der Waals surface area (Å²) in [4.78, 5) is 31.7. The van der Waals surface area contributed by atoms with Crippen LogP contribution < -0.4 is 10.9 Å². The van der Waals surface area contributed by atoms with Gasteiger partial charge in [-0.1, -0.05) is 30.3 Å². The lowest BCUT2D eigenvalue weighted by Gasteiger charge is -2.33. The van der Waals surface area contributed by atoms with Gasteiger partial charge < -0.3 is 9.88 Å². The van der Waals surface area contributed by atoms with Crippen molar-refractivity contribution in [3.8, 4) is 0 Å². The number of aromatic nitrogens is 2. The molecule has 6 nitrogen and oxygen atoms in total. The molecular formula is C20H28N4O2S. The zero-order chi connectivity index (χ0) is 19.2. The Morgan fingerprint density at radius 2 is 2.15 bits per heavy atom. The summed E-state index contributed by atoms with van der Waals surface area (Å²) in [5.74, 6) is 0.155. The first-order valence-electron chi connectivity index (χ1n) is 9.73. The summed E-state index contributed by atoms with van der Waals surface area (Å²) in [6.07, 6.45) is 3.78. The van der Waals surface area contributed by atoms with Gasteiger partial charge in [0.15, 0.2) is 5.03 Å². The van der Waals surface area contributed by atoms with E-state index in [1.165, 1.54) is 31.0 Å². The fraction of sp³-hybridized carbons (Fsp3) is 0.550. The number of para-hydroxylation sites is 2. The third-order valence-corrected chi connectivity index (χ3v) is 6.09. The molecule has 3 rings (SSSR count). The molecule has 27 heavy (non-hydrogen) atoms. The lowest BCUT2D eigenvalue weighted by molar-refractivity contribution is -0.118. The van der Waals surface area contributed by atoms with Gasteiger partial charge in [0.1, 0.15) is 0 Å². The number of nitrogens with zero attached hydrogens (tertiary/aromatic N) is 3. The molecule has 2 heterocycles. The Morgan fingerprint density at radius 3 is 2.93 bits per heavy atom. The zero-order valence-corrected chi connectivity index (χ0v) is 16.9. The molecule has 7 heteroatoms. The highest BCUT2D eigenvalue weighted by atomic mass is 32.2. The first kappa shape index (κ1) is 19.9. The molecule has 146 valence electrons. The lowest BCUT2D eigenvalue weighted by Crippen LogP contribution is -2.42. The molecule has 1 N–H and O–H groups in total. The molecular weight excluding hydrogens is 360 g/mol. The number of likely N-dealkylation sites (tertiary alicyclic amines) is 1. The molecule has 2 aromatic rings. The molecule has 1 aliphatic heterocycles. The molecule has 1 saturated heterocycles. The molecule has 1 fully saturated rings. The number of hydrogen-bond donors (Lipinski definition) is 1. The van der Waals surface area contributed by atoms with Crippen molar-refractivity contribution < 1.29 is 4.79 Å². The SMILES string of the molecule is CCn1c(=O)c(SCC(=O)NCCN2CCCC[C@@H]2C)nc2ccccc21. The number of piperidine rings is 1. The second kappa shape index (κ2) is 9.37. The minimum absolute atomic E-state index is 0.0536. The van der Waals surface area contributed by atoms with E-state index < -0.39 is 0 Å². The first-order valence-corrected chi connectivity index (χ1v) is 10.7. The monoisotopic (exact) mass is 388 g/mol. The third-order valence-electron chi connectivity index (χ3n) is 5.14. The standard InChI is InChI=1S/C20H28N4O2S/c1-3-24-17-10-5-4-9-16(17)22-19(20(24)26)27-14-18(25)21-11-13-23-12-7-6-8-15(23)2/h4-5,9-10,15H,3,6-8,11-14H2,1-2H3,(H,21,25)/t15-/m0/s1. The van der Waals surface area contributed by atoms with Crippen molar-refractivity contribution >= 4 is 28.7 Å². The van der Waals surface area contributed by atoms with Crippen molar-refractivity contribution in [2.75, 3.05) is 25.4 Å². The van der Waals surface area contributed by atoms with Crippen LogP contribution in [0.5, 0.6) is 0 Å². The van der Waals surface area contributed by atoms with Gasteiger partial charge in [-0.25, -0.2) is 4.98 Å². The van der Waals surface area contributed by atoms with E-state index in [9.17, 15) is 9.59 Å². The molecule has 1 aromatic heterocycles. The molecule has 0 radical (unpaired) electrons. The van der Waals surface area contributed by atoms with Crippen LogP contribution in [0.15, 0.2) is 34.1 Å². The van der Waals surface area contributed by atoms with Crippen molar-refractivity contribution in [2.45, 2.75) is 50.7 Å². The number of carbonyl (C=O) groups excluding carboxylic acids is 1. The lowest BCUT2D eigenvalue weighted by atomic mass is 10.0. The Morgan fingerprint density at radius 1 is 1.33 bits per heavy atom. The molecule has 0 unspecified atom stereocenters. The Kier molecular flexibility index (Phi) is 6.90. The van der Waals surface area contributed by atoms with Crippen LogP contribution in [0.4, 0.5) is 0 Å². The number of amides is 1. The van der Waals surface area contributed by atoms with Gasteiger partial charge in [-0.2, -0.15) is 0 Å². The van der Waals surface area contributed by atoms with Crippen molar-refractivity contribution in [3.05, 3.63) is 34.6 Å². The van der Waals surface area contributed by atoms with E-state index in [-0.39, 0.29) is 17.2 Å². The Hall–Kier alpha value is -1.86. The summed E-state index contributed by atoms with van der Waals surface area (Å²) < 4.78 is 1.71. The number of hydrogen-bond acceptors (Lipinski definition) is 5. The molecule has 0 spiro atoms. The van der Waals surface area contributed by atoms with Crippen molar-refractivity contribution in [3.63, 3.8) is 0 Å². The van der Waals surface area contributed by atoms with E-state index in [4.69, 9.17) is 0 Å². The molecule has 1 aromatic carbocycles. The van der Waals surface area contributed by atoms with Gasteiger partial charge in [0.05, 0.1) is 16.8 Å². The van der Waals surface area contributed by atoms with Gasteiger partial charge in [0.2, 0.25) is 5.91 Å². The number of thioether (sulfide) groups is 1. The number of aryl methyl sites for hydroxylation is 1. The topological polar surface area (TPSA) is 67.2 Å². The first-order chi connectivity index (χ1) is 13.1. The predicted molar refractivity (Wildman–Crippen MR) is 110 cm³/mol. The van der Waals surface area contributed by atoms with Gasteiger partial charge in [-0.05, 0) is 45.4 Å². The van der Waals surface area contributed by atoms with Crippen molar-refractivity contribution in [2.24, 2.45) is 0 Å². The average Bonchev–Trinajstić information content (AvgIpc) is 2.68. The van der Waals surface area contributed by atoms with Gasteiger partial charge in [-0.3, -0.25) is 14.5 Å². The second-order valence-corrected chi connectivity index (χ2v) is 7.94. The Labute approximate surface area is 164 Å². The maximum atomic E-state index is 12.6. The third kappa shape index (κ3) is 4.90. The van der Waals surface area contributed by atoms with Crippen LogP contribution in [0.25, 0.3) is 11.0 Å². The largest absolute Gasteiger partial charge is 0.354 e.